The minimum absolute atomic E-state index is 0.304. The monoisotopic (exact) mass is 340 g/mol. The van der Waals surface area contributed by atoms with Gasteiger partial charge in [-0.25, -0.2) is 0 Å². The molecule has 3 rings (SSSR count). The van der Waals surface area contributed by atoms with Crippen molar-refractivity contribution >= 4 is 17.5 Å². The second kappa shape index (κ2) is 7.25. The van der Waals surface area contributed by atoms with E-state index in [4.69, 9.17) is 9.47 Å². The fourth-order valence-electron chi connectivity index (χ4n) is 2.47. The van der Waals surface area contributed by atoms with Crippen molar-refractivity contribution in [2.24, 2.45) is 0 Å². The van der Waals surface area contributed by atoms with Crippen LogP contribution < -0.4 is 20.1 Å². The second-order valence-electron chi connectivity index (χ2n) is 6.00. The summed E-state index contributed by atoms with van der Waals surface area (Å²) >= 11 is 0. The van der Waals surface area contributed by atoms with Gasteiger partial charge in [-0.3, -0.25) is 9.59 Å². The average molecular weight is 340 g/mol. The molecule has 1 heterocycles. The molecule has 2 aromatic rings. The molecule has 25 heavy (non-hydrogen) atoms. The summed E-state index contributed by atoms with van der Waals surface area (Å²) in [6.07, 6.45) is -0.369. The number of ether oxygens (including phenoxy) is 2. The highest BCUT2D eigenvalue weighted by Gasteiger charge is 2.28. The van der Waals surface area contributed by atoms with Crippen LogP contribution in [0.15, 0.2) is 48.5 Å². The Balaban J connectivity index is 1.55. The Kier molecular flexibility index (Phi) is 4.88. The molecule has 2 amide bonds. The molecule has 0 saturated heterocycles. The first-order chi connectivity index (χ1) is 12.0. The standard InChI is InChI=1S/C19H20N2O4/c1-12-7-9-14(10-8-12)21-19(23)18(22)20-13(2)17-11-24-15-5-3-4-6-16(15)25-17/h3-10,13,17H,11H2,1-2H3,(H,20,22)(H,21,23). The number of amides is 2. The number of anilines is 1. The summed E-state index contributed by atoms with van der Waals surface area (Å²) in [6.45, 7) is 4.03. The van der Waals surface area contributed by atoms with Crippen LogP contribution in [0, 0.1) is 6.92 Å². The predicted molar refractivity (Wildman–Crippen MR) is 93.8 cm³/mol. The van der Waals surface area contributed by atoms with E-state index < -0.39 is 11.8 Å². The number of rotatable bonds is 3. The highest BCUT2D eigenvalue weighted by atomic mass is 16.6. The van der Waals surface area contributed by atoms with Crippen molar-refractivity contribution in [2.45, 2.75) is 26.0 Å². The van der Waals surface area contributed by atoms with Gasteiger partial charge in [-0.15, -0.1) is 0 Å². The smallest absolute Gasteiger partial charge is 0.313 e. The third-order valence-electron chi connectivity index (χ3n) is 3.96. The summed E-state index contributed by atoms with van der Waals surface area (Å²) in [4.78, 5) is 24.1. The van der Waals surface area contributed by atoms with Gasteiger partial charge in [0.2, 0.25) is 0 Å². The lowest BCUT2D eigenvalue weighted by Gasteiger charge is -2.30. The highest BCUT2D eigenvalue weighted by molar-refractivity contribution is 6.39. The number of hydrogen-bond acceptors (Lipinski definition) is 4. The summed E-state index contributed by atoms with van der Waals surface area (Å²) in [5, 5.41) is 5.23. The van der Waals surface area contributed by atoms with Crippen LogP contribution >= 0.6 is 0 Å². The van der Waals surface area contributed by atoms with Crippen LogP contribution in [0.3, 0.4) is 0 Å². The molecule has 2 atom stereocenters. The van der Waals surface area contributed by atoms with Crippen molar-refractivity contribution in [1.29, 1.82) is 0 Å². The van der Waals surface area contributed by atoms with E-state index in [-0.39, 0.29) is 12.1 Å². The molecule has 2 aromatic carbocycles. The van der Waals surface area contributed by atoms with E-state index in [1.165, 1.54) is 0 Å². The van der Waals surface area contributed by atoms with Crippen molar-refractivity contribution in [3.63, 3.8) is 0 Å². The molecule has 2 unspecified atom stereocenters. The average Bonchev–Trinajstić information content (AvgIpc) is 2.63. The Morgan fingerprint density at radius 2 is 1.72 bits per heavy atom. The van der Waals surface area contributed by atoms with E-state index in [1.54, 1.807) is 25.1 Å². The molecular formula is C19H20N2O4. The second-order valence-corrected chi connectivity index (χ2v) is 6.00. The van der Waals surface area contributed by atoms with E-state index in [9.17, 15) is 9.59 Å². The predicted octanol–water partition coefficient (Wildman–Crippen LogP) is 2.28. The third-order valence-corrected chi connectivity index (χ3v) is 3.96. The summed E-state index contributed by atoms with van der Waals surface area (Å²) in [6, 6.07) is 14.2. The molecular weight excluding hydrogens is 320 g/mol. The van der Waals surface area contributed by atoms with Gasteiger partial charge in [0, 0.05) is 5.69 Å². The lowest BCUT2D eigenvalue weighted by atomic mass is 10.1. The lowest BCUT2D eigenvalue weighted by molar-refractivity contribution is -0.137. The van der Waals surface area contributed by atoms with Crippen LogP contribution in [0.1, 0.15) is 12.5 Å². The number of carbonyl (C=O) groups is 2. The number of carbonyl (C=O) groups excluding carboxylic acids is 2. The maximum absolute atomic E-state index is 12.1. The molecule has 6 nitrogen and oxygen atoms in total. The Labute approximate surface area is 146 Å². The molecule has 1 aliphatic rings. The molecule has 130 valence electrons. The molecule has 0 bridgehead atoms. The van der Waals surface area contributed by atoms with Gasteiger partial charge in [0.25, 0.3) is 0 Å². The largest absolute Gasteiger partial charge is 0.486 e. The van der Waals surface area contributed by atoms with Gasteiger partial charge in [0.1, 0.15) is 6.61 Å². The van der Waals surface area contributed by atoms with Crippen LogP contribution in [-0.2, 0) is 9.59 Å². The van der Waals surface area contributed by atoms with Crippen molar-refractivity contribution in [2.75, 3.05) is 11.9 Å². The van der Waals surface area contributed by atoms with E-state index in [1.807, 2.05) is 37.3 Å². The lowest BCUT2D eigenvalue weighted by Crippen LogP contribution is -2.50. The highest BCUT2D eigenvalue weighted by Crippen LogP contribution is 2.31. The molecule has 6 heteroatoms. The van der Waals surface area contributed by atoms with E-state index in [0.717, 1.165) is 5.56 Å². The van der Waals surface area contributed by atoms with Crippen LogP contribution in [-0.4, -0.2) is 30.6 Å². The van der Waals surface area contributed by atoms with E-state index in [2.05, 4.69) is 10.6 Å². The maximum atomic E-state index is 12.1. The van der Waals surface area contributed by atoms with Crippen molar-refractivity contribution in [3.8, 4) is 11.5 Å². The van der Waals surface area contributed by atoms with Crippen molar-refractivity contribution in [3.05, 3.63) is 54.1 Å². The number of benzene rings is 2. The zero-order valence-corrected chi connectivity index (χ0v) is 14.1. The SMILES string of the molecule is Cc1ccc(NC(=O)C(=O)NC(C)C2COc3ccccc3O2)cc1. The number of aryl methyl sites for hydroxylation is 1. The Morgan fingerprint density at radius 3 is 2.44 bits per heavy atom. The summed E-state index contributed by atoms with van der Waals surface area (Å²) in [5.74, 6) is -0.123. The topological polar surface area (TPSA) is 76.7 Å². The van der Waals surface area contributed by atoms with Gasteiger partial charge in [-0.1, -0.05) is 29.8 Å². The van der Waals surface area contributed by atoms with Crippen LogP contribution in [0.5, 0.6) is 11.5 Å². The van der Waals surface area contributed by atoms with E-state index in [0.29, 0.717) is 23.8 Å². The first-order valence-electron chi connectivity index (χ1n) is 8.10. The summed E-state index contributed by atoms with van der Waals surface area (Å²) < 4.78 is 11.5. The summed E-state index contributed by atoms with van der Waals surface area (Å²) in [7, 11) is 0. The van der Waals surface area contributed by atoms with Gasteiger partial charge in [-0.05, 0) is 38.1 Å². The van der Waals surface area contributed by atoms with E-state index >= 15 is 0 Å². The Hall–Kier alpha value is -3.02. The van der Waals surface area contributed by atoms with Crippen LogP contribution in [0.25, 0.3) is 0 Å². The number of nitrogens with one attached hydrogen (secondary N) is 2. The molecule has 2 N–H and O–H groups in total. The van der Waals surface area contributed by atoms with Gasteiger partial charge < -0.3 is 20.1 Å². The maximum Gasteiger partial charge on any atom is 0.313 e. The van der Waals surface area contributed by atoms with Crippen LogP contribution in [0.2, 0.25) is 0 Å². The molecule has 0 spiro atoms. The summed E-state index contributed by atoms with van der Waals surface area (Å²) in [5.41, 5.74) is 1.65. The molecule has 0 fully saturated rings. The van der Waals surface area contributed by atoms with Crippen molar-refractivity contribution in [1.82, 2.24) is 5.32 Å². The number of hydrogen-bond donors (Lipinski definition) is 2. The Morgan fingerprint density at radius 1 is 1.04 bits per heavy atom. The van der Waals surface area contributed by atoms with Gasteiger partial charge in [-0.2, -0.15) is 0 Å². The van der Waals surface area contributed by atoms with Gasteiger partial charge >= 0.3 is 11.8 Å². The van der Waals surface area contributed by atoms with Gasteiger partial charge in [0.15, 0.2) is 17.6 Å². The molecule has 0 aliphatic carbocycles. The third kappa shape index (κ3) is 4.09. The molecule has 1 aliphatic heterocycles. The quantitative estimate of drug-likeness (QED) is 0.841. The molecule has 0 saturated carbocycles. The minimum atomic E-state index is -0.715. The zero-order valence-electron chi connectivity index (χ0n) is 14.1. The number of para-hydroxylation sites is 2. The van der Waals surface area contributed by atoms with Crippen LogP contribution in [0.4, 0.5) is 5.69 Å². The zero-order chi connectivity index (χ0) is 17.8. The normalized spacial score (nSPS) is 16.6. The first-order valence-corrected chi connectivity index (χ1v) is 8.10. The first kappa shape index (κ1) is 16.8. The van der Waals surface area contributed by atoms with Crippen molar-refractivity contribution < 1.29 is 19.1 Å². The molecule has 0 aromatic heterocycles. The van der Waals surface area contributed by atoms with Gasteiger partial charge in [0.05, 0.1) is 6.04 Å². The molecule has 0 radical (unpaired) electrons. The minimum Gasteiger partial charge on any atom is -0.486 e. The fourth-order valence-corrected chi connectivity index (χ4v) is 2.47. The number of fused-ring (bicyclic) bond motifs is 1. The Bertz CT molecular complexity index is 773. The fraction of sp³-hybridized carbons (Fsp3) is 0.263.